The molecule has 1 fully saturated rings. The number of benzene rings is 3. The van der Waals surface area contributed by atoms with Crippen LogP contribution in [0, 0.1) is 128 Å². The lowest BCUT2D eigenvalue weighted by atomic mass is 9.99. The SMILES string of the molecule is Cc1c(F)c(/C(N)=C2\C(=C(C#N)c3c(F)c(F)c(C#N)c(F)c3F)\C2=C(/C#N)c2c(F)c(F)c(C#N)c(F)c2F)c(F)c(F)c1C#N. The average molecular weight is 658 g/mol. The Morgan fingerprint density at radius 3 is 1.02 bits per heavy atom. The molecule has 1 aliphatic rings. The zero-order valence-corrected chi connectivity index (χ0v) is 22.5. The normalized spacial score (nSPS) is 15.1. The van der Waals surface area contributed by atoms with Crippen molar-refractivity contribution in [2.45, 2.75) is 6.92 Å². The molecule has 6 nitrogen and oxygen atoms in total. The van der Waals surface area contributed by atoms with Crippen LogP contribution >= 0.6 is 0 Å². The van der Waals surface area contributed by atoms with E-state index in [4.69, 9.17) is 21.5 Å². The van der Waals surface area contributed by atoms with Gasteiger partial charge < -0.3 is 5.73 Å². The molecule has 0 heterocycles. The maximum atomic E-state index is 15.3. The van der Waals surface area contributed by atoms with Gasteiger partial charge in [-0.15, -0.1) is 0 Å². The smallest absolute Gasteiger partial charge is 0.180 e. The van der Waals surface area contributed by atoms with Gasteiger partial charge in [-0.2, -0.15) is 26.3 Å². The molecule has 47 heavy (non-hydrogen) atoms. The van der Waals surface area contributed by atoms with Gasteiger partial charge in [0.05, 0.1) is 39.1 Å². The largest absolute Gasteiger partial charge is 0.398 e. The van der Waals surface area contributed by atoms with Gasteiger partial charge in [0.25, 0.3) is 0 Å². The van der Waals surface area contributed by atoms with Crippen LogP contribution in [0.5, 0.6) is 0 Å². The third-order valence-electron chi connectivity index (χ3n) is 6.87. The predicted molar refractivity (Wildman–Crippen MR) is 134 cm³/mol. The van der Waals surface area contributed by atoms with Crippen LogP contribution in [0.2, 0.25) is 0 Å². The highest BCUT2D eigenvalue weighted by molar-refractivity contribution is 6.10. The second-order valence-corrected chi connectivity index (χ2v) is 9.18. The highest BCUT2D eigenvalue weighted by Gasteiger charge is 2.45. The molecule has 0 radical (unpaired) electrons. The van der Waals surface area contributed by atoms with Gasteiger partial charge >= 0.3 is 0 Å². The molecule has 0 unspecified atom stereocenters. The Morgan fingerprint density at radius 1 is 0.426 bits per heavy atom. The second kappa shape index (κ2) is 11.7. The molecule has 0 saturated heterocycles. The molecular formula is C30H5F11N6. The van der Waals surface area contributed by atoms with Crippen molar-refractivity contribution in [1.82, 2.24) is 0 Å². The van der Waals surface area contributed by atoms with E-state index >= 15 is 26.3 Å². The highest BCUT2D eigenvalue weighted by atomic mass is 19.2. The van der Waals surface area contributed by atoms with Gasteiger partial charge in [-0.1, -0.05) is 0 Å². The molecule has 4 rings (SSSR count). The van der Waals surface area contributed by atoms with E-state index in [9.17, 15) is 32.5 Å². The Bertz CT molecular complexity index is 2130. The molecule has 0 aliphatic heterocycles. The highest BCUT2D eigenvalue weighted by Crippen LogP contribution is 2.56. The van der Waals surface area contributed by atoms with Crippen molar-refractivity contribution in [3.63, 3.8) is 0 Å². The molecule has 0 aromatic heterocycles. The van der Waals surface area contributed by atoms with Crippen molar-refractivity contribution in [2.24, 2.45) is 5.73 Å². The van der Waals surface area contributed by atoms with Crippen molar-refractivity contribution < 1.29 is 48.3 Å². The molecule has 0 bridgehead atoms. The van der Waals surface area contributed by atoms with Crippen LogP contribution < -0.4 is 5.73 Å². The van der Waals surface area contributed by atoms with Gasteiger partial charge in [0.1, 0.15) is 47.3 Å². The molecule has 1 aliphatic carbocycles. The monoisotopic (exact) mass is 658 g/mol. The number of nitrogens with two attached hydrogens (primary N) is 1. The lowest BCUT2D eigenvalue weighted by Gasteiger charge is -2.10. The summed E-state index contributed by atoms with van der Waals surface area (Å²) in [5.74, 6) is -25.2. The molecular weight excluding hydrogens is 653 g/mol. The molecule has 0 spiro atoms. The van der Waals surface area contributed by atoms with Crippen LogP contribution in [0.15, 0.2) is 16.7 Å². The average Bonchev–Trinajstić information content (AvgIpc) is 3.77. The zero-order valence-electron chi connectivity index (χ0n) is 22.5. The van der Waals surface area contributed by atoms with Crippen LogP contribution in [-0.4, -0.2) is 0 Å². The Labute approximate surface area is 254 Å². The quantitative estimate of drug-likeness (QED) is 0.187. The summed E-state index contributed by atoms with van der Waals surface area (Å²) in [5.41, 5.74) is -13.6. The fourth-order valence-corrected chi connectivity index (χ4v) is 4.60. The van der Waals surface area contributed by atoms with E-state index in [1.165, 1.54) is 0 Å². The Hall–Kier alpha value is -6.64. The Kier molecular flexibility index (Phi) is 8.28. The fraction of sp³-hybridized carbons (Fsp3) is 0.0333. The van der Waals surface area contributed by atoms with Crippen LogP contribution in [0.1, 0.15) is 38.9 Å². The summed E-state index contributed by atoms with van der Waals surface area (Å²) in [5, 5.41) is 46.4. The molecule has 17 heteroatoms. The van der Waals surface area contributed by atoms with Gasteiger partial charge in [0, 0.05) is 22.3 Å². The first-order valence-electron chi connectivity index (χ1n) is 12.0. The van der Waals surface area contributed by atoms with Gasteiger partial charge in [0.15, 0.2) is 58.2 Å². The minimum atomic E-state index is -2.43. The van der Waals surface area contributed by atoms with E-state index in [1.54, 1.807) is 0 Å². The number of halogens is 11. The predicted octanol–water partition coefficient (Wildman–Crippen LogP) is 6.78. The maximum absolute atomic E-state index is 15.3. The van der Waals surface area contributed by atoms with Crippen molar-refractivity contribution in [3.05, 3.63) is 120 Å². The van der Waals surface area contributed by atoms with Gasteiger partial charge in [-0.3, -0.25) is 0 Å². The Balaban J connectivity index is 2.33. The first kappa shape index (κ1) is 33.3. The van der Waals surface area contributed by atoms with E-state index in [-0.39, 0.29) is 0 Å². The third-order valence-corrected chi connectivity index (χ3v) is 6.87. The van der Waals surface area contributed by atoms with E-state index in [0.29, 0.717) is 0 Å². The van der Waals surface area contributed by atoms with Gasteiger partial charge in [-0.05, 0) is 6.92 Å². The molecule has 0 atom stereocenters. The van der Waals surface area contributed by atoms with Crippen molar-refractivity contribution >= 4 is 16.8 Å². The van der Waals surface area contributed by atoms with Gasteiger partial charge in [-0.25, -0.2) is 48.3 Å². The van der Waals surface area contributed by atoms with E-state index in [2.05, 4.69) is 0 Å². The summed E-state index contributed by atoms with van der Waals surface area (Å²) in [6, 6.07) is 4.91. The summed E-state index contributed by atoms with van der Waals surface area (Å²) >= 11 is 0. The zero-order chi connectivity index (χ0) is 35.4. The Morgan fingerprint density at radius 2 is 0.723 bits per heavy atom. The summed E-state index contributed by atoms with van der Waals surface area (Å²) in [6.07, 6.45) is 0. The van der Waals surface area contributed by atoms with Crippen LogP contribution in [-0.2, 0) is 0 Å². The summed E-state index contributed by atoms with van der Waals surface area (Å²) in [4.78, 5) is 0. The van der Waals surface area contributed by atoms with Gasteiger partial charge in [0.2, 0.25) is 0 Å². The van der Waals surface area contributed by atoms with Crippen LogP contribution in [0.3, 0.4) is 0 Å². The van der Waals surface area contributed by atoms with Crippen molar-refractivity contribution in [1.29, 1.82) is 26.3 Å². The number of rotatable bonds is 3. The van der Waals surface area contributed by atoms with E-state index < -0.39 is 136 Å². The number of nitriles is 5. The van der Waals surface area contributed by atoms with Crippen molar-refractivity contribution in [3.8, 4) is 30.3 Å². The fourth-order valence-electron chi connectivity index (χ4n) is 4.60. The second-order valence-electron chi connectivity index (χ2n) is 9.18. The minimum absolute atomic E-state index is 0.764. The molecule has 0 amide bonds. The number of nitrogens with zero attached hydrogens (tertiary/aromatic N) is 5. The first-order valence-corrected chi connectivity index (χ1v) is 12.0. The maximum Gasteiger partial charge on any atom is 0.180 e. The number of allylic oxidation sites excluding steroid dienone is 5. The topological polar surface area (TPSA) is 145 Å². The molecule has 232 valence electrons. The van der Waals surface area contributed by atoms with Crippen LogP contribution in [0.25, 0.3) is 16.8 Å². The summed E-state index contributed by atoms with van der Waals surface area (Å²) in [6.45, 7) is 0.764. The minimum Gasteiger partial charge on any atom is -0.398 e. The summed E-state index contributed by atoms with van der Waals surface area (Å²) < 4.78 is 163. The lowest BCUT2D eigenvalue weighted by molar-refractivity contribution is 0.446. The molecule has 3 aromatic rings. The van der Waals surface area contributed by atoms with Crippen molar-refractivity contribution in [2.75, 3.05) is 0 Å². The van der Waals surface area contributed by atoms with E-state index in [0.717, 1.165) is 37.3 Å². The molecule has 3 aromatic carbocycles. The lowest BCUT2D eigenvalue weighted by Crippen LogP contribution is -2.10. The summed E-state index contributed by atoms with van der Waals surface area (Å²) in [7, 11) is 0. The third kappa shape index (κ3) is 4.59. The first-order chi connectivity index (χ1) is 22.1. The molecule has 2 N–H and O–H groups in total. The van der Waals surface area contributed by atoms with E-state index in [1.807, 2.05) is 0 Å². The number of hydrogen-bond donors (Lipinski definition) is 1. The van der Waals surface area contributed by atoms with Crippen LogP contribution in [0.4, 0.5) is 48.3 Å². The number of hydrogen-bond acceptors (Lipinski definition) is 6. The standard InChI is InChI=1S/C30H5F11N6/c1-7-8(2-42)20(32)29(41)18(19(7)31)30(47)17-13(9(3-43)15-25(37)21(33)11(5-45)22(34)26(15)38)14(17)10(4-44)16-27(39)23(35)12(6-46)24(36)28(16)40/h47H2,1H3/b13-9-,14-10?,30-17+. The molecule has 1 saturated carbocycles.